The van der Waals surface area contributed by atoms with Crippen LogP contribution >= 0.6 is 15.9 Å². The molecule has 6 heteroatoms. The first-order valence-electron chi connectivity index (χ1n) is 6.08. The lowest BCUT2D eigenvalue weighted by atomic mass is 10.1. The van der Waals surface area contributed by atoms with E-state index in [9.17, 15) is 10.1 Å². The van der Waals surface area contributed by atoms with E-state index >= 15 is 0 Å². The predicted octanol–water partition coefficient (Wildman–Crippen LogP) is 2.91. The Bertz CT molecular complexity index is 433. The van der Waals surface area contributed by atoms with E-state index in [1.54, 1.807) is 12.1 Å². The topological polar surface area (TPSA) is 67.2 Å². The number of anilines is 1. The van der Waals surface area contributed by atoms with Crippen molar-refractivity contribution in [2.24, 2.45) is 0 Å². The molecule has 1 aliphatic rings. The van der Waals surface area contributed by atoms with Gasteiger partial charge in [-0.25, -0.2) is 0 Å². The van der Waals surface area contributed by atoms with Gasteiger partial charge in [-0.15, -0.1) is 0 Å². The third kappa shape index (κ3) is 3.43. The minimum absolute atomic E-state index is 0.123. The smallest absolute Gasteiger partial charge is 0.292 e. The van der Waals surface area contributed by atoms with Gasteiger partial charge in [0.15, 0.2) is 0 Å². The van der Waals surface area contributed by atoms with Crippen LogP contribution in [0.2, 0.25) is 0 Å². The summed E-state index contributed by atoms with van der Waals surface area (Å²) in [5, 5.41) is 17.4. The van der Waals surface area contributed by atoms with Crippen molar-refractivity contribution in [2.45, 2.75) is 25.3 Å². The number of nitrogens with zero attached hydrogens (tertiary/aromatic N) is 1. The highest BCUT2D eigenvalue weighted by Crippen LogP contribution is 2.27. The molecule has 1 aromatic carbocycles. The molecular formula is C12H16BrN3O2. The number of halogens is 1. The highest BCUT2D eigenvalue weighted by atomic mass is 79.9. The Morgan fingerprint density at radius 1 is 1.56 bits per heavy atom. The van der Waals surface area contributed by atoms with Crippen molar-refractivity contribution in [1.82, 2.24) is 5.32 Å². The van der Waals surface area contributed by atoms with E-state index < -0.39 is 0 Å². The Kier molecular flexibility index (Phi) is 4.54. The molecule has 18 heavy (non-hydrogen) atoms. The number of nitro benzene ring substituents is 1. The summed E-state index contributed by atoms with van der Waals surface area (Å²) >= 11 is 3.33. The number of hydrogen-bond donors (Lipinski definition) is 2. The molecule has 5 nitrogen and oxygen atoms in total. The molecule has 1 heterocycles. The molecule has 1 aromatic rings. The molecule has 0 aromatic heterocycles. The second-order valence-corrected chi connectivity index (χ2v) is 5.34. The van der Waals surface area contributed by atoms with Crippen LogP contribution in [0.5, 0.6) is 0 Å². The lowest BCUT2D eigenvalue weighted by Gasteiger charge is -2.12. The van der Waals surface area contributed by atoms with Gasteiger partial charge in [-0.05, 0) is 37.9 Å². The van der Waals surface area contributed by atoms with Gasteiger partial charge in [0.05, 0.1) is 4.92 Å². The lowest BCUT2D eigenvalue weighted by Crippen LogP contribution is -2.24. The summed E-state index contributed by atoms with van der Waals surface area (Å²) in [7, 11) is 0. The summed E-state index contributed by atoms with van der Waals surface area (Å²) in [5.41, 5.74) is 0.699. The number of rotatable bonds is 5. The molecule has 0 amide bonds. The second-order valence-electron chi connectivity index (χ2n) is 4.43. The summed E-state index contributed by atoms with van der Waals surface area (Å²) in [6, 6.07) is 5.49. The molecule has 0 aliphatic carbocycles. The van der Waals surface area contributed by atoms with Gasteiger partial charge in [0.1, 0.15) is 5.69 Å². The molecule has 0 bridgehead atoms. The Hall–Kier alpha value is -1.14. The minimum atomic E-state index is -0.359. The first-order chi connectivity index (χ1) is 8.66. The third-order valence-corrected chi connectivity index (χ3v) is 3.62. The monoisotopic (exact) mass is 313 g/mol. The zero-order valence-electron chi connectivity index (χ0n) is 9.99. The molecule has 2 N–H and O–H groups in total. The zero-order valence-corrected chi connectivity index (χ0v) is 11.6. The summed E-state index contributed by atoms with van der Waals surface area (Å²) in [5.74, 6) is 0. The standard InChI is InChI=1S/C12H16BrN3O2/c13-9-3-4-12(16(17)18)11(8-9)15-7-5-10-2-1-6-14-10/h3-4,8,10,14-15H,1-2,5-7H2/t10-/m0/s1. The third-order valence-electron chi connectivity index (χ3n) is 3.13. The van der Waals surface area contributed by atoms with E-state index in [4.69, 9.17) is 0 Å². The van der Waals surface area contributed by atoms with Crippen LogP contribution in [-0.2, 0) is 0 Å². The summed E-state index contributed by atoms with van der Waals surface area (Å²) < 4.78 is 0.842. The number of hydrogen-bond acceptors (Lipinski definition) is 4. The molecule has 1 atom stereocenters. The van der Waals surface area contributed by atoms with Crippen LogP contribution < -0.4 is 10.6 Å². The Balaban J connectivity index is 1.94. The zero-order chi connectivity index (χ0) is 13.0. The molecule has 1 aliphatic heterocycles. The average Bonchev–Trinajstić information content (AvgIpc) is 2.82. The minimum Gasteiger partial charge on any atom is -0.379 e. The maximum atomic E-state index is 10.9. The van der Waals surface area contributed by atoms with Crippen LogP contribution in [-0.4, -0.2) is 24.1 Å². The van der Waals surface area contributed by atoms with Crippen LogP contribution in [0.4, 0.5) is 11.4 Å². The van der Waals surface area contributed by atoms with Gasteiger partial charge >= 0.3 is 0 Å². The maximum Gasteiger partial charge on any atom is 0.292 e. The largest absolute Gasteiger partial charge is 0.379 e. The first-order valence-corrected chi connectivity index (χ1v) is 6.87. The van der Waals surface area contributed by atoms with E-state index in [2.05, 4.69) is 26.6 Å². The fourth-order valence-corrected chi connectivity index (χ4v) is 2.55. The Morgan fingerprint density at radius 3 is 3.06 bits per heavy atom. The lowest BCUT2D eigenvalue weighted by molar-refractivity contribution is -0.384. The predicted molar refractivity (Wildman–Crippen MR) is 74.9 cm³/mol. The molecule has 0 saturated carbocycles. The molecule has 1 saturated heterocycles. The summed E-state index contributed by atoms with van der Waals surface area (Å²) in [4.78, 5) is 10.5. The molecule has 0 spiro atoms. The van der Waals surface area contributed by atoms with Crippen molar-refractivity contribution in [3.63, 3.8) is 0 Å². The molecule has 98 valence electrons. The van der Waals surface area contributed by atoms with Crippen LogP contribution in [0.3, 0.4) is 0 Å². The van der Waals surface area contributed by atoms with Crippen LogP contribution in [0.15, 0.2) is 22.7 Å². The molecular weight excluding hydrogens is 298 g/mol. The van der Waals surface area contributed by atoms with Crippen molar-refractivity contribution in [3.8, 4) is 0 Å². The van der Waals surface area contributed by atoms with E-state index in [1.807, 2.05) is 0 Å². The highest BCUT2D eigenvalue weighted by molar-refractivity contribution is 9.10. The quantitative estimate of drug-likeness (QED) is 0.648. The molecule has 0 unspecified atom stereocenters. The second kappa shape index (κ2) is 6.15. The van der Waals surface area contributed by atoms with Gasteiger partial charge in [-0.2, -0.15) is 0 Å². The number of nitrogens with one attached hydrogen (secondary N) is 2. The van der Waals surface area contributed by atoms with Gasteiger partial charge in [-0.3, -0.25) is 10.1 Å². The van der Waals surface area contributed by atoms with Crippen molar-refractivity contribution >= 4 is 27.3 Å². The summed E-state index contributed by atoms with van der Waals surface area (Å²) in [6.45, 7) is 1.83. The fraction of sp³-hybridized carbons (Fsp3) is 0.500. The van der Waals surface area contributed by atoms with E-state index in [1.165, 1.54) is 18.9 Å². The van der Waals surface area contributed by atoms with Crippen molar-refractivity contribution in [2.75, 3.05) is 18.4 Å². The van der Waals surface area contributed by atoms with Gasteiger partial charge in [0.2, 0.25) is 0 Å². The van der Waals surface area contributed by atoms with Gasteiger partial charge in [0.25, 0.3) is 5.69 Å². The van der Waals surface area contributed by atoms with Gasteiger partial charge < -0.3 is 10.6 Å². The van der Waals surface area contributed by atoms with Crippen molar-refractivity contribution < 1.29 is 4.92 Å². The summed E-state index contributed by atoms with van der Waals surface area (Å²) in [6.07, 6.45) is 3.41. The van der Waals surface area contributed by atoms with Crippen LogP contribution in [0.25, 0.3) is 0 Å². The van der Waals surface area contributed by atoms with E-state index in [0.29, 0.717) is 11.7 Å². The van der Waals surface area contributed by atoms with Crippen molar-refractivity contribution in [3.05, 3.63) is 32.8 Å². The molecule has 2 rings (SSSR count). The van der Waals surface area contributed by atoms with Crippen molar-refractivity contribution in [1.29, 1.82) is 0 Å². The molecule has 1 fully saturated rings. The van der Waals surface area contributed by atoms with E-state index in [0.717, 1.165) is 24.0 Å². The van der Waals surface area contributed by atoms with Crippen LogP contribution in [0, 0.1) is 10.1 Å². The average molecular weight is 314 g/mol. The van der Waals surface area contributed by atoms with Gasteiger partial charge in [-0.1, -0.05) is 15.9 Å². The maximum absolute atomic E-state index is 10.9. The fourth-order valence-electron chi connectivity index (χ4n) is 2.19. The van der Waals surface area contributed by atoms with Gasteiger partial charge in [0, 0.05) is 23.1 Å². The Morgan fingerprint density at radius 2 is 2.39 bits per heavy atom. The first kappa shape index (κ1) is 13.3. The normalized spacial score (nSPS) is 18.8. The highest BCUT2D eigenvalue weighted by Gasteiger charge is 2.16. The Labute approximate surface area is 114 Å². The molecule has 0 radical (unpaired) electrons. The SMILES string of the molecule is O=[N+]([O-])c1ccc(Br)cc1NCC[C@@H]1CCCN1. The number of benzene rings is 1. The van der Waals surface area contributed by atoms with E-state index in [-0.39, 0.29) is 10.6 Å². The number of nitro groups is 1. The van der Waals surface area contributed by atoms with Crippen LogP contribution in [0.1, 0.15) is 19.3 Å².